The summed E-state index contributed by atoms with van der Waals surface area (Å²) in [6, 6.07) is 14.9. The average Bonchev–Trinajstić information content (AvgIpc) is 2.47. The smallest absolute Gasteiger partial charge is 0.0495 e. The van der Waals surface area contributed by atoms with Gasteiger partial charge in [-0.3, -0.25) is 0 Å². The number of thioether (sulfide) groups is 2. The molecule has 0 amide bonds. The summed E-state index contributed by atoms with van der Waals surface area (Å²) in [5.74, 6) is 1.07. The van der Waals surface area contributed by atoms with Crippen molar-refractivity contribution in [3.05, 3.63) is 47.5 Å². The van der Waals surface area contributed by atoms with Crippen LogP contribution in [0.2, 0.25) is 5.02 Å². The van der Waals surface area contributed by atoms with Gasteiger partial charge in [0, 0.05) is 32.7 Å². The first kappa shape index (κ1) is 16.8. The third-order valence-electron chi connectivity index (χ3n) is 3.13. The maximum atomic E-state index is 6.47. The number of halogens is 1. The molecular weight excluding hydrogens is 318 g/mol. The van der Waals surface area contributed by atoms with Crippen LogP contribution in [0.15, 0.2) is 52.3 Å². The lowest BCUT2D eigenvalue weighted by atomic mass is 10.1. The minimum atomic E-state index is 0.822. The van der Waals surface area contributed by atoms with Crippen LogP contribution in [0.25, 0.3) is 11.1 Å². The van der Waals surface area contributed by atoms with Crippen LogP contribution in [0, 0.1) is 0 Å². The summed E-state index contributed by atoms with van der Waals surface area (Å²) in [6.07, 6.45) is 2.09. The molecule has 4 heteroatoms. The Labute approximate surface area is 141 Å². The first-order valence-electron chi connectivity index (χ1n) is 6.81. The highest BCUT2D eigenvalue weighted by Crippen LogP contribution is 2.33. The molecule has 2 rings (SSSR count). The van der Waals surface area contributed by atoms with E-state index in [0.29, 0.717) is 0 Å². The number of hydrogen-bond acceptors (Lipinski definition) is 3. The standard InChI is InChI=1S/C17H20ClNS2/c1-19(2)9-10-21-15-7-8-16(17(18)12-15)13-5-4-6-14(11-13)20-3/h4-8,11-12H,9-10H2,1-3H3. The molecule has 0 aliphatic rings. The Kier molecular flexibility index (Phi) is 6.49. The van der Waals surface area contributed by atoms with E-state index in [9.17, 15) is 0 Å². The first-order chi connectivity index (χ1) is 10.1. The molecule has 112 valence electrons. The van der Waals surface area contributed by atoms with Crippen molar-refractivity contribution in [1.29, 1.82) is 0 Å². The Morgan fingerprint density at radius 3 is 2.52 bits per heavy atom. The predicted molar refractivity (Wildman–Crippen MR) is 97.9 cm³/mol. The monoisotopic (exact) mass is 337 g/mol. The van der Waals surface area contributed by atoms with Crippen molar-refractivity contribution >= 4 is 35.1 Å². The quantitative estimate of drug-likeness (QED) is 0.651. The van der Waals surface area contributed by atoms with E-state index in [1.807, 2.05) is 11.8 Å². The fourth-order valence-corrected chi connectivity index (χ4v) is 3.83. The van der Waals surface area contributed by atoms with E-state index < -0.39 is 0 Å². The highest BCUT2D eigenvalue weighted by molar-refractivity contribution is 7.99. The van der Waals surface area contributed by atoms with Gasteiger partial charge in [0.15, 0.2) is 0 Å². The summed E-state index contributed by atoms with van der Waals surface area (Å²) in [5, 5.41) is 0.822. The van der Waals surface area contributed by atoms with E-state index in [1.54, 1.807) is 11.8 Å². The molecule has 2 aromatic rings. The summed E-state index contributed by atoms with van der Waals surface area (Å²) in [7, 11) is 4.19. The average molecular weight is 338 g/mol. The van der Waals surface area contributed by atoms with Gasteiger partial charge >= 0.3 is 0 Å². The van der Waals surface area contributed by atoms with Crippen LogP contribution in [0.3, 0.4) is 0 Å². The number of benzene rings is 2. The van der Waals surface area contributed by atoms with Crippen LogP contribution in [-0.2, 0) is 0 Å². The van der Waals surface area contributed by atoms with E-state index >= 15 is 0 Å². The molecule has 21 heavy (non-hydrogen) atoms. The van der Waals surface area contributed by atoms with Crippen molar-refractivity contribution < 1.29 is 0 Å². The fraction of sp³-hybridized carbons (Fsp3) is 0.294. The molecule has 0 atom stereocenters. The van der Waals surface area contributed by atoms with Gasteiger partial charge in [0.1, 0.15) is 0 Å². The summed E-state index contributed by atoms with van der Waals surface area (Å²) < 4.78 is 0. The maximum Gasteiger partial charge on any atom is 0.0495 e. The molecule has 0 heterocycles. The van der Waals surface area contributed by atoms with Gasteiger partial charge in [0.2, 0.25) is 0 Å². The molecule has 0 aliphatic heterocycles. The highest BCUT2D eigenvalue weighted by atomic mass is 35.5. The molecule has 0 fully saturated rings. The van der Waals surface area contributed by atoms with Crippen molar-refractivity contribution in [3.63, 3.8) is 0 Å². The van der Waals surface area contributed by atoms with Gasteiger partial charge in [-0.25, -0.2) is 0 Å². The lowest BCUT2D eigenvalue weighted by Crippen LogP contribution is -2.14. The predicted octanol–water partition coefficient (Wildman–Crippen LogP) is 5.38. The molecule has 0 radical (unpaired) electrons. The van der Waals surface area contributed by atoms with Crippen molar-refractivity contribution in [1.82, 2.24) is 4.90 Å². The molecule has 0 saturated carbocycles. The topological polar surface area (TPSA) is 3.24 Å². The van der Waals surface area contributed by atoms with Crippen molar-refractivity contribution in [2.24, 2.45) is 0 Å². The molecule has 0 bridgehead atoms. The van der Waals surface area contributed by atoms with Crippen LogP contribution < -0.4 is 0 Å². The number of hydrogen-bond donors (Lipinski definition) is 0. The zero-order chi connectivity index (χ0) is 15.2. The van der Waals surface area contributed by atoms with Gasteiger partial charge < -0.3 is 4.90 Å². The molecule has 0 aliphatic carbocycles. The second-order valence-corrected chi connectivity index (χ2v) is 7.48. The first-order valence-corrected chi connectivity index (χ1v) is 9.40. The largest absolute Gasteiger partial charge is 0.309 e. The van der Waals surface area contributed by atoms with Crippen molar-refractivity contribution in [2.75, 3.05) is 32.6 Å². The lowest BCUT2D eigenvalue weighted by molar-refractivity contribution is 0.437. The Bertz CT molecular complexity index is 599. The van der Waals surface area contributed by atoms with E-state index in [-0.39, 0.29) is 0 Å². The Morgan fingerprint density at radius 1 is 1.05 bits per heavy atom. The third-order valence-corrected chi connectivity index (χ3v) is 5.14. The van der Waals surface area contributed by atoms with Gasteiger partial charge in [0.05, 0.1) is 0 Å². The second kappa shape index (κ2) is 8.14. The van der Waals surface area contributed by atoms with Gasteiger partial charge in [0.25, 0.3) is 0 Å². The van der Waals surface area contributed by atoms with Crippen LogP contribution in [-0.4, -0.2) is 37.5 Å². The van der Waals surface area contributed by atoms with E-state index in [4.69, 9.17) is 11.6 Å². The minimum Gasteiger partial charge on any atom is -0.309 e. The van der Waals surface area contributed by atoms with Crippen molar-refractivity contribution in [2.45, 2.75) is 9.79 Å². The molecule has 0 saturated heterocycles. The van der Waals surface area contributed by atoms with Crippen LogP contribution in [0.4, 0.5) is 0 Å². The minimum absolute atomic E-state index is 0.822. The summed E-state index contributed by atoms with van der Waals surface area (Å²) >= 11 is 10.1. The van der Waals surface area contributed by atoms with Crippen LogP contribution in [0.5, 0.6) is 0 Å². The maximum absolute atomic E-state index is 6.47. The second-order valence-electron chi connectivity index (χ2n) is 5.03. The SMILES string of the molecule is CSc1cccc(-c2ccc(SCCN(C)C)cc2Cl)c1. The molecule has 2 aromatic carbocycles. The van der Waals surface area contributed by atoms with Gasteiger partial charge in [-0.1, -0.05) is 29.8 Å². The van der Waals surface area contributed by atoms with Crippen LogP contribution >= 0.6 is 35.1 Å². The Hall–Kier alpha value is -0.610. The molecule has 0 unspecified atom stereocenters. The van der Waals surface area contributed by atoms with Gasteiger partial charge in [-0.15, -0.1) is 23.5 Å². The highest BCUT2D eigenvalue weighted by Gasteiger charge is 2.06. The summed E-state index contributed by atoms with van der Waals surface area (Å²) in [4.78, 5) is 4.68. The van der Waals surface area contributed by atoms with E-state index in [0.717, 1.165) is 22.9 Å². The molecule has 1 nitrogen and oxygen atoms in total. The summed E-state index contributed by atoms with van der Waals surface area (Å²) in [6.45, 7) is 1.07. The Morgan fingerprint density at radius 2 is 1.86 bits per heavy atom. The van der Waals surface area contributed by atoms with Gasteiger partial charge in [-0.2, -0.15) is 0 Å². The van der Waals surface area contributed by atoms with E-state index in [1.165, 1.54) is 15.4 Å². The zero-order valence-corrected chi connectivity index (χ0v) is 15.0. The normalized spacial score (nSPS) is 11.1. The fourth-order valence-electron chi connectivity index (χ4n) is 1.96. The summed E-state index contributed by atoms with van der Waals surface area (Å²) in [5.41, 5.74) is 2.28. The molecule has 0 spiro atoms. The number of nitrogens with zero attached hydrogens (tertiary/aromatic N) is 1. The van der Waals surface area contributed by atoms with Crippen LogP contribution in [0.1, 0.15) is 0 Å². The molecule has 0 N–H and O–H groups in total. The number of rotatable bonds is 6. The zero-order valence-electron chi connectivity index (χ0n) is 12.6. The van der Waals surface area contributed by atoms with E-state index in [2.05, 4.69) is 67.7 Å². The molecule has 0 aromatic heterocycles. The molecular formula is C17H20ClNS2. The Balaban J connectivity index is 2.15. The van der Waals surface area contributed by atoms with Crippen molar-refractivity contribution in [3.8, 4) is 11.1 Å². The third kappa shape index (κ3) is 4.96. The van der Waals surface area contributed by atoms with Gasteiger partial charge in [-0.05, 0) is 50.2 Å². The lowest BCUT2D eigenvalue weighted by Gasteiger charge is -2.10.